The molecule has 0 aliphatic carbocycles. The summed E-state index contributed by atoms with van der Waals surface area (Å²) in [5.74, 6) is 3.35. The van der Waals surface area contributed by atoms with Crippen molar-refractivity contribution in [1.82, 2.24) is 0 Å². The van der Waals surface area contributed by atoms with Crippen LogP contribution in [-0.4, -0.2) is 21.8 Å². The van der Waals surface area contributed by atoms with Crippen LogP contribution in [0.4, 0.5) is 0 Å². The van der Waals surface area contributed by atoms with Crippen LogP contribution in [0.1, 0.15) is 13.8 Å². The van der Waals surface area contributed by atoms with E-state index in [9.17, 15) is 0 Å². The van der Waals surface area contributed by atoms with E-state index in [1.807, 2.05) is 62.4 Å². The topological polar surface area (TPSA) is 36.9 Å². The molecule has 0 saturated carbocycles. The zero-order chi connectivity index (χ0) is 21.8. The highest BCUT2D eigenvalue weighted by Crippen LogP contribution is 2.37. The van der Waals surface area contributed by atoms with Crippen LogP contribution in [-0.2, 0) is 0 Å². The van der Waals surface area contributed by atoms with Gasteiger partial charge in [0.1, 0.15) is 23.0 Å². The molecule has 0 aromatic heterocycles. The first-order valence-corrected chi connectivity index (χ1v) is 13.5. The van der Waals surface area contributed by atoms with Gasteiger partial charge in [-0.05, 0) is 38.1 Å². The van der Waals surface area contributed by atoms with E-state index in [-0.39, 0.29) is 0 Å². The van der Waals surface area contributed by atoms with Crippen molar-refractivity contribution in [2.75, 3.05) is 13.2 Å². The molecule has 0 aliphatic heterocycles. The van der Waals surface area contributed by atoms with Crippen molar-refractivity contribution >= 4 is 30.1 Å². The first-order valence-electron chi connectivity index (χ1n) is 10.7. The highest BCUT2D eigenvalue weighted by molar-refractivity contribution is 6.66. The molecule has 0 saturated heterocycles. The third-order valence-electron chi connectivity index (χ3n) is 5.00. The number of fused-ring (bicyclic) bond motifs is 2. The Morgan fingerprint density at radius 3 is 1.19 bits per heavy atom. The van der Waals surface area contributed by atoms with Gasteiger partial charge in [-0.2, -0.15) is 0 Å². The molecule has 5 heteroatoms. The van der Waals surface area contributed by atoms with Gasteiger partial charge >= 0.3 is 8.56 Å². The molecule has 0 amide bonds. The van der Waals surface area contributed by atoms with Gasteiger partial charge in [0.05, 0.1) is 13.2 Å². The summed E-state index contributed by atoms with van der Waals surface area (Å²) >= 11 is 0. The molecule has 0 atom stereocenters. The number of rotatable bonds is 8. The van der Waals surface area contributed by atoms with Gasteiger partial charge in [-0.3, -0.25) is 0 Å². The van der Waals surface area contributed by atoms with Crippen molar-refractivity contribution in [3.63, 3.8) is 0 Å². The standard InChI is InChI=1S/C26H28O4Si/c1-5-27-23-15-17-25(21-13-9-7-11-19(21)23)29-31(3,4)30-26-18-16-24(28-6-2)20-12-8-10-14-22(20)26/h7-18H,5-6H2,1-4H3. The molecule has 0 aliphatic rings. The molecular formula is C26H28O4Si. The largest absolute Gasteiger partial charge is 0.512 e. The lowest BCUT2D eigenvalue weighted by molar-refractivity contribution is 0.343. The van der Waals surface area contributed by atoms with Crippen molar-refractivity contribution in [2.45, 2.75) is 26.9 Å². The Morgan fingerprint density at radius 2 is 0.839 bits per heavy atom. The van der Waals surface area contributed by atoms with Gasteiger partial charge < -0.3 is 18.3 Å². The second kappa shape index (κ2) is 8.90. The summed E-state index contributed by atoms with van der Waals surface area (Å²) in [6.07, 6.45) is 0. The maximum absolute atomic E-state index is 6.51. The fourth-order valence-corrected chi connectivity index (χ4v) is 5.24. The Kier molecular flexibility index (Phi) is 6.05. The summed E-state index contributed by atoms with van der Waals surface area (Å²) in [7, 11) is -2.57. The first kappa shape index (κ1) is 21.1. The summed E-state index contributed by atoms with van der Waals surface area (Å²) in [6, 6.07) is 24.2. The first-order chi connectivity index (χ1) is 15.0. The zero-order valence-electron chi connectivity index (χ0n) is 18.5. The minimum absolute atomic E-state index is 0.623. The average molecular weight is 433 g/mol. The van der Waals surface area contributed by atoms with Gasteiger partial charge in [0.25, 0.3) is 0 Å². The van der Waals surface area contributed by atoms with Crippen LogP contribution in [0, 0.1) is 0 Å². The number of hydrogen-bond donors (Lipinski definition) is 0. The molecule has 4 aromatic rings. The van der Waals surface area contributed by atoms with Gasteiger partial charge in [0.15, 0.2) is 0 Å². The van der Waals surface area contributed by atoms with E-state index in [0.29, 0.717) is 13.2 Å². The maximum atomic E-state index is 6.51. The lowest BCUT2D eigenvalue weighted by Gasteiger charge is -2.27. The van der Waals surface area contributed by atoms with E-state index in [1.54, 1.807) is 0 Å². The van der Waals surface area contributed by atoms with Crippen molar-refractivity contribution in [3.8, 4) is 23.0 Å². The van der Waals surface area contributed by atoms with E-state index in [1.165, 1.54) is 0 Å². The minimum Gasteiger partial charge on any atom is -0.512 e. The van der Waals surface area contributed by atoms with E-state index in [4.69, 9.17) is 18.3 Å². The summed E-state index contributed by atoms with van der Waals surface area (Å²) in [4.78, 5) is 0. The Bertz CT molecular complexity index is 1110. The molecule has 0 spiro atoms. The van der Waals surface area contributed by atoms with Crippen LogP contribution < -0.4 is 18.3 Å². The Hall–Kier alpha value is -3.18. The Morgan fingerprint density at radius 1 is 0.516 bits per heavy atom. The van der Waals surface area contributed by atoms with E-state index < -0.39 is 8.56 Å². The van der Waals surface area contributed by atoms with Crippen LogP contribution in [0.15, 0.2) is 72.8 Å². The molecule has 0 radical (unpaired) electrons. The van der Waals surface area contributed by atoms with Gasteiger partial charge in [0.2, 0.25) is 0 Å². The summed E-state index contributed by atoms with van der Waals surface area (Å²) in [5, 5.41) is 4.12. The summed E-state index contributed by atoms with van der Waals surface area (Å²) in [5.41, 5.74) is 0. The quantitative estimate of drug-likeness (QED) is 0.282. The predicted octanol–water partition coefficient (Wildman–Crippen LogP) is 6.95. The molecule has 4 aromatic carbocycles. The molecule has 0 fully saturated rings. The molecule has 0 bridgehead atoms. The normalized spacial score (nSPS) is 11.5. The van der Waals surface area contributed by atoms with E-state index >= 15 is 0 Å². The molecule has 0 heterocycles. The van der Waals surface area contributed by atoms with Gasteiger partial charge in [-0.15, -0.1) is 0 Å². The second-order valence-electron chi connectivity index (χ2n) is 7.68. The maximum Gasteiger partial charge on any atom is 0.454 e. The van der Waals surface area contributed by atoms with Crippen molar-refractivity contribution < 1.29 is 18.3 Å². The Labute approximate surface area is 184 Å². The SMILES string of the molecule is CCOc1ccc(O[Si](C)(C)Oc2ccc(OCC)c3ccccc23)c2ccccc12. The summed E-state index contributed by atoms with van der Waals surface area (Å²) in [6.45, 7) is 9.35. The van der Waals surface area contributed by atoms with E-state index in [2.05, 4.69) is 37.4 Å². The van der Waals surface area contributed by atoms with Gasteiger partial charge in [-0.25, -0.2) is 0 Å². The molecule has 0 unspecified atom stereocenters. The van der Waals surface area contributed by atoms with Crippen LogP contribution in [0.2, 0.25) is 13.1 Å². The number of benzene rings is 4. The third-order valence-corrected chi connectivity index (χ3v) is 6.42. The predicted molar refractivity (Wildman–Crippen MR) is 129 cm³/mol. The second-order valence-corrected chi connectivity index (χ2v) is 10.9. The molecule has 31 heavy (non-hydrogen) atoms. The molecule has 0 N–H and O–H groups in total. The minimum atomic E-state index is -2.57. The van der Waals surface area contributed by atoms with Crippen LogP contribution in [0.5, 0.6) is 23.0 Å². The van der Waals surface area contributed by atoms with Crippen LogP contribution in [0.3, 0.4) is 0 Å². The monoisotopic (exact) mass is 432 g/mol. The number of hydrogen-bond acceptors (Lipinski definition) is 4. The van der Waals surface area contributed by atoms with Gasteiger partial charge in [-0.1, -0.05) is 48.5 Å². The fraction of sp³-hybridized carbons (Fsp3) is 0.231. The molecule has 4 rings (SSSR count). The molecule has 160 valence electrons. The van der Waals surface area contributed by atoms with E-state index in [0.717, 1.165) is 44.5 Å². The lowest BCUT2D eigenvalue weighted by Crippen LogP contribution is -2.41. The van der Waals surface area contributed by atoms with Crippen LogP contribution >= 0.6 is 0 Å². The molecular weight excluding hydrogens is 404 g/mol. The van der Waals surface area contributed by atoms with Crippen LogP contribution in [0.25, 0.3) is 21.5 Å². The van der Waals surface area contributed by atoms with Gasteiger partial charge in [0, 0.05) is 34.6 Å². The van der Waals surface area contributed by atoms with Crippen molar-refractivity contribution in [3.05, 3.63) is 72.8 Å². The Balaban J connectivity index is 1.67. The smallest absolute Gasteiger partial charge is 0.454 e. The highest BCUT2D eigenvalue weighted by atomic mass is 28.4. The average Bonchev–Trinajstić information content (AvgIpc) is 2.77. The van der Waals surface area contributed by atoms with Crippen molar-refractivity contribution in [1.29, 1.82) is 0 Å². The lowest BCUT2D eigenvalue weighted by atomic mass is 10.1. The van der Waals surface area contributed by atoms with Crippen molar-refractivity contribution in [2.24, 2.45) is 0 Å². The fourth-order valence-electron chi connectivity index (χ4n) is 3.78. The highest BCUT2D eigenvalue weighted by Gasteiger charge is 2.31. The number of ether oxygens (including phenoxy) is 2. The molecule has 4 nitrogen and oxygen atoms in total. The third kappa shape index (κ3) is 4.47. The summed E-state index contributed by atoms with van der Waals surface area (Å²) < 4.78 is 24.6. The zero-order valence-corrected chi connectivity index (χ0v) is 19.5.